The summed E-state index contributed by atoms with van der Waals surface area (Å²) >= 11 is 1.31. The third-order valence-corrected chi connectivity index (χ3v) is 5.71. The van der Waals surface area contributed by atoms with Gasteiger partial charge in [-0.15, -0.1) is 0 Å². The van der Waals surface area contributed by atoms with Crippen molar-refractivity contribution in [2.75, 3.05) is 19.3 Å². The number of benzene rings is 1. The Morgan fingerprint density at radius 1 is 1.38 bits per heavy atom. The minimum absolute atomic E-state index is 0.0183. The van der Waals surface area contributed by atoms with Crippen LogP contribution < -0.4 is 5.56 Å². The number of nitrogens with zero attached hydrogens (tertiary/aromatic N) is 4. The molecular formula is C19H22N4O2S. The molecule has 0 atom stereocenters. The first-order valence-corrected chi connectivity index (χ1v) is 9.85. The molecule has 1 heterocycles. The van der Waals surface area contributed by atoms with E-state index in [1.165, 1.54) is 11.8 Å². The van der Waals surface area contributed by atoms with Gasteiger partial charge in [-0.05, 0) is 25.0 Å². The van der Waals surface area contributed by atoms with E-state index in [2.05, 4.69) is 4.98 Å². The molecule has 1 aromatic heterocycles. The molecule has 0 bridgehead atoms. The normalized spacial score (nSPS) is 14.5. The fourth-order valence-corrected chi connectivity index (χ4v) is 4.30. The number of nitriles is 1. The average molecular weight is 370 g/mol. The van der Waals surface area contributed by atoms with E-state index in [4.69, 9.17) is 5.26 Å². The predicted octanol–water partition coefficient (Wildman–Crippen LogP) is 2.98. The molecule has 26 heavy (non-hydrogen) atoms. The summed E-state index contributed by atoms with van der Waals surface area (Å²) in [4.78, 5) is 31.5. The van der Waals surface area contributed by atoms with Crippen LogP contribution in [-0.2, 0) is 4.79 Å². The van der Waals surface area contributed by atoms with Gasteiger partial charge >= 0.3 is 0 Å². The van der Waals surface area contributed by atoms with Gasteiger partial charge in [0, 0.05) is 19.6 Å². The third-order valence-electron chi connectivity index (χ3n) is 4.77. The Kier molecular flexibility index (Phi) is 5.94. The number of carbonyl (C=O) groups excluding carboxylic acids is 1. The Morgan fingerprint density at radius 2 is 2.12 bits per heavy atom. The van der Waals surface area contributed by atoms with Crippen molar-refractivity contribution in [3.8, 4) is 6.07 Å². The number of hydrogen-bond acceptors (Lipinski definition) is 5. The van der Waals surface area contributed by atoms with E-state index < -0.39 is 0 Å². The molecule has 1 aliphatic rings. The highest BCUT2D eigenvalue weighted by Gasteiger charge is 2.23. The van der Waals surface area contributed by atoms with E-state index in [1.807, 2.05) is 30.3 Å². The van der Waals surface area contributed by atoms with Gasteiger partial charge in [0.05, 0.1) is 29.1 Å². The first kappa shape index (κ1) is 18.5. The number of hydrogen-bond donors (Lipinski definition) is 0. The molecule has 2 aromatic rings. The van der Waals surface area contributed by atoms with Crippen molar-refractivity contribution in [2.24, 2.45) is 0 Å². The van der Waals surface area contributed by atoms with E-state index in [1.54, 1.807) is 16.5 Å². The Morgan fingerprint density at radius 3 is 2.85 bits per heavy atom. The first-order chi connectivity index (χ1) is 12.6. The number of rotatable bonds is 6. The zero-order chi connectivity index (χ0) is 18.5. The monoisotopic (exact) mass is 370 g/mol. The van der Waals surface area contributed by atoms with Crippen LogP contribution in [0.5, 0.6) is 0 Å². The lowest BCUT2D eigenvalue weighted by Gasteiger charge is -2.19. The van der Waals surface area contributed by atoms with Crippen molar-refractivity contribution < 1.29 is 4.79 Å². The molecule has 1 saturated carbocycles. The molecule has 7 heteroatoms. The van der Waals surface area contributed by atoms with Gasteiger partial charge in [0.2, 0.25) is 5.91 Å². The highest BCUT2D eigenvalue weighted by molar-refractivity contribution is 7.99. The molecule has 1 fully saturated rings. The van der Waals surface area contributed by atoms with Gasteiger partial charge < -0.3 is 4.90 Å². The SMILES string of the molecule is CN(CCC#N)C(=O)CSc1nc2ccccc2c(=O)n1C1CCCC1. The van der Waals surface area contributed by atoms with Crippen LogP contribution in [0.2, 0.25) is 0 Å². The van der Waals surface area contributed by atoms with E-state index in [-0.39, 0.29) is 23.3 Å². The summed E-state index contributed by atoms with van der Waals surface area (Å²) in [6, 6.07) is 9.57. The Bertz CT molecular complexity index is 897. The molecule has 1 amide bonds. The minimum atomic E-state index is -0.0642. The molecule has 3 rings (SSSR count). The lowest BCUT2D eigenvalue weighted by atomic mass is 10.2. The van der Waals surface area contributed by atoms with Gasteiger partial charge in [-0.25, -0.2) is 4.98 Å². The molecule has 0 N–H and O–H groups in total. The van der Waals surface area contributed by atoms with E-state index in [0.29, 0.717) is 29.0 Å². The Labute approximate surface area is 156 Å². The van der Waals surface area contributed by atoms with Crippen LogP contribution in [0.4, 0.5) is 0 Å². The van der Waals surface area contributed by atoms with Gasteiger partial charge in [-0.3, -0.25) is 14.2 Å². The van der Waals surface area contributed by atoms with Crippen LogP contribution in [0.3, 0.4) is 0 Å². The van der Waals surface area contributed by atoms with Crippen molar-refractivity contribution >= 4 is 28.6 Å². The number of thioether (sulfide) groups is 1. The van der Waals surface area contributed by atoms with Crippen molar-refractivity contribution in [1.29, 1.82) is 5.26 Å². The van der Waals surface area contributed by atoms with Crippen LogP contribution in [0.25, 0.3) is 10.9 Å². The molecular weight excluding hydrogens is 348 g/mol. The largest absolute Gasteiger partial charge is 0.344 e. The zero-order valence-corrected chi connectivity index (χ0v) is 15.7. The van der Waals surface area contributed by atoms with Gasteiger partial charge in [-0.2, -0.15) is 5.26 Å². The second-order valence-electron chi connectivity index (χ2n) is 6.54. The number of carbonyl (C=O) groups is 1. The Balaban J connectivity index is 1.89. The number of fused-ring (bicyclic) bond motifs is 1. The lowest BCUT2D eigenvalue weighted by Crippen LogP contribution is -2.30. The second-order valence-corrected chi connectivity index (χ2v) is 7.48. The summed E-state index contributed by atoms with van der Waals surface area (Å²) in [5.41, 5.74) is 0.648. The Hall–Kier alpha value is -2.33. The van der Waals surface area contributed by atoms with Crippen LogP contribution in [0, 0.1) is 11.3 Å². The number of amides is 1. The van der Waals surface area contributed by atoms with Gasteiger partial charge in [0.15, 0.2) is 5.16 Å². The van der Waals surface area contributed by atoms with E-state index in [0.717, 1.165) is 25.7 Å². The highest BCUT2D eigenvalue weighted by atomic mass is 32.2. The summed E-state index contributed by atoms with van der Waals surface area (Å²) in [5, 5.41) is 9.89. The van der Waals surface area contributed by atoms with Crippen molar-refractivity contribution in [3.63, 3.8) is 0 Å². The summed E-state index contributed by atoms with van der Waals surface area (Å²) in [5.74, 6) is 0.144. The standard InChI is InChI=1S/C19H22N4O2S/c1-22(12-6-11-20)17(24)13-26-19-21-16-10-5-4-9-15(16)18(25)23(19)14-7-2-3-8-14/h4-5,9-10,14H,2-3,6-8,12-13H2,1H3. The molecule has 136 valence electrons. The van der Waals surface area contributed by atoms with Crippen LogP contribution in [0.15, 0.2) is 34.2 Å². The molecule has 0 aliphatic heterocycles. The molecule has 0 saturated heterocycles. The van der Waals surface area contributed by atoms with Gasteiger partial charge in [0.1, 0.15) is 0 Å². The molecule has 0 radical (unpaired) electrons. The van der Waals surface area contributed by atoms with Crippen LogP contribution >= 0.6 is 11.8 Å². The van der Waals surface area contributed by atoms with Gasteiger partial charge in [0.25, 0.3) is 5.56 Å². The van der Waals surface area contributed by atoms with E-state index >= 15 is 0 Å². The predicted molar refractivity (Wildman–Crippen MR) is 102 cm³/mol. The summed E-state index contributed by atoms with van der Waals surface area (Å²) in [7, 11) is 1.69. The smallest absolute Gasteiger partial charge is 0.262 e. The topological polar surface area (TPSA) is 79.0 Å². The first-order valence-electron chi connectivity index (χ1n) is 8.87. The van der Waals surface area contributed by atoms with Crippen molar-refractivity contribution in [2.45, 2.75) is 43.3 Å². The van der Waals surface area contributed by atoms with Crippen molar-refractivity contribution in [3.05, 3.63) is 34.6 Å². The zero-order valence-electron chi connectivity index (χ0n) is 14.9. The maximum Gasteiger partial charge on any atom is 0.262 e. The lowest BCUT2D eigenvalue weighted by molar-refractivity contribution is -0.127. The second kappa shape index (κ2) is 8.37. The molecule has 6 nitrogen and oxygen atoms in total. The maximum atomic E-state index is 13.0. The quantitative estimate of drug-likeness (QED) is 0.577. The average Bonchev–Trinajstić information content (AvgIpc) is 3.18. The third kappa shape index (κ3) is 3.91. The maximum absolute atomic E-state index is 13.0. The fourth-order valence-electron chi connectivity index (χ4n) is 3.29. The molecule has 1 aromatic carbocycles. The minimum Gasteiger partial charge on any atom is -0.344 e. The van der Waals surface area contributed by atoms with Gasteiger partial charge in [-0.1, -0.05) is 36.7 Å². The van der Waals surface area contributed by atoms with E-state index in [9.17, 15) is 9.59 Å². The molecule has 0 spiro atoms. The number of aromatic nitrogens is 2. The van der Waals surface area contributed by atoms with Crippen molar-refractivity contribution in [1.82, 2.24) is 14.5 Å². The summed E-state index contributed by atoms with van der Waals surface area (Å²) in [6.07, 6.45) is 4.49. The van der Waals surface area contributed by atoms with Crippen LogP contribution in [-0.4, -0.2) is 39.7 Å². The number of para-hydroxylation sites is 1. The summed E-state index contributed by atoms with van der Waals surface area (Å²) in [6.45, 7) is 0.413. The van der Waals surface area contributed by atoms with Crippen LogP contribution in [0.1, 0.15) is 38.1 Å². The molecule has 0 unspecified atom stereocenters. The molecule has 1 aliphatic carbocycles. The highest BCUT2D eigenvalue weighted by Crippen LogP contribution is 2.32. The fraction of sp³-hybridized carbons (Fsp3) is 0.474. The summed E-state index contributed by atoms with van der Waals surface area (Å²) < 4.78 is 1.79.